The molecule has 2 atom stereocenters. The Morgan fingerprint density at radius 3 is 1.91 bits per heavy atom. The van der Waals surface area contributed by atoms with Crippen LogP contribution in [0, 0.1) is 16.7 Å². The number of nitrogens with zero attached hydrogens (tertiary/aromatic N) is 2. The van der Waals surface area contributed by atoms with Crippen LogP contribution >= 0.6 is 0 Å². The fraction of sp³-hybridized carbons (Fsp3) is 1.00. The van der Waals surface area contributed by atoms with Crippen LogP contribution in [-0.2, 0) is 0 Å². The van der Waals surface area contributed by atoms with E-state index in [1.807, 2.05) is 0 Å². The van der Waals surface area contributed by atoms with E-state index in [4.69, 9.17) is 0 Å². The third-order valence-electron chi connectivity index (χ3n) is 5.95. The first kappa shape index (κ1) is 18.3. The van der Waals surface area contributed by atoms with E-state index in [9.17, 15) is 0 Å². The number of likely N-dealkylation sites (tertiary alicyclic amines) is 2. The standard InChI is InChI=1S/C20H40N2/c1-18(2,3)17-16(14-21-12-10-9-11-13-21)20(7,8)15-22(17)19(4,5)6/h16-17H,9-15H2,1-8H3. The molecule has 2 aliphatic rings. The van der Waals surface area contributed by atoms with Crippen LogP contribution in [0.1, 0.15) is 74.7 Å². The van der Waals surface area contributed by atoms with Crippen molar-refractivity contribution in [3.8, 4) is 0 Å². The first-order valence-corrected chi connectivity index (χ1v) is 9.42. The van der Waals surface area contributed by atoms with Gasteiger partial charge >= 0.3 is 0 Å². The summed E-state index contributed by atoms with van der Waals surface area (Å²) in [6.07, 6.45) is 4.23. The lowest BCUT2D eigenvalue weighted by Gasteiger charge is -2.46. The molecule has 2 saturated heterocycles. The molecule has 0 radical (unpaired) electrons. The molecule has 2 aliphatic heterocycles. The van der Waals surface area contributed by atoms with E-state index in [0.29, 0.717) is 16.9 Å². The average molecular weight is 309 g/mol. The molecule has 2 fully saturated rings. The van der Waals surface area contributed by atoms with Crippen LogP contribution < -0.4 is 0 Å². The van der Waals surface area contributed by atoms with Crippen molar-refractivity contribution in [2.45, 2.75) is 86.2 Å². The van der Waals surface area contributed by atoms with E-state index in [0.717, 1.165) is 5.92 Å². The van der Waals surface area contributed by atoms with Gasteiger partial charge in [-0.3, -0.25) is 4.90 Å². The van der Waals surface area contributed by atoms with E-state index < -0.39 is 0 Å². The maximum absolute atomic E-state index is 2.81. The zero-order chi connectivity index (χ0) is 16.8. The summed E-state index contributed by atoms with van der Waals surface area (Å²) in [6, 6.07) is 0.671. The average Bonchev–Trinajstić information content (AvgIpc) is 2.62. The molecular weight excluding hydrogens is 268 g/mol. The normalized spacial score (nSPS) is 31.6. The zero-order valence-electron chi connectivity index (χ0n) is 16.5. The van der Waals surface area contributed by atoms with Gasteiger partial charge in [-0.15, -0.1) is 0 Å². The first-order valence-electron chi connectivity index (χ1n) is 9.42. The molecule has 0 aromatic heterocycles. The van der Waals surface area contributed by atoms with Crippen LogP contribution in [-0.4, -0.2) is 47.6 Å². The second-order valence-corrected chi connectivity index (χ2v) is 10.6. The third kappa shape index (κ3) is 3.87. The van der Waals surface area contributed by atoms with Gasteiger partial charge in [0.25, 0.3) is 0 Å². The molecule has 2 heterocycles. The Morgan fingerprint density at radius 1 is 0.909 bits per heavy atom. The summed E-state index contributed by atoms with van der Waals surface area (Å²) in [6.45, 7) is 24.7. The molecule has 0 saturated carbocycles. The van der Waals surface area contributed by atoms with Crippen molar-refractivity contribution in [2.24, 2.45) is 16.7 Å². The summed E-state index contributed by atoms with van der Waals surface area (Å²) >= 11 is 0. The smallest absolute Gasteiger partial charge is 0.0195 e. The molecule has 0 aromatic carbocycles. The van der Waals surface area contributed by atoms with Gasteiger partial charge < -0.3 is 4.90 Å². The van der Waals surface area contributed by atoms with Gasteiger partial charge in [-0.25, -0.2) is 0 Å². The molecule has 2 nitrogen and oxygen atoms in total. The molecule has 2 unspecified atom stereocenters. The quantitative estimate of drug-likeness (QED) is 0.733. The molecule has 2 rings (SSSR count). The van der Waals surface area contributed by atoms with Gasteiger partial charge in [0, 0.05) is 24.7 Å². The number of hydrogen-bond donors (Lipinski definition) is 0. The lowest BCUT2D eigenvalue weighted by molar-refractivity contribution is 0.0276. The largest absolute Gasteiger partial charge is 0.303 e. The third-order valence-corrected chi connectivity index (χ3v) is 5.95. The fourth-order valence-electron chi connectivity index (χ4n) is 4.79. The van der Waals surface area contributed by atoms with Crippen molar-refractivity contribution < 1.29 is 0 Å². The van der Waals surface area contributed by atoms with E-state index in [-0.39, 0.29) is 5.54 Å². The van der Waals surface area contributed by atoms with E-state index in [2.05, 4.69) is 65.2 Å². The van der Waals surface area contributed by atoms with Crippen molar-refractivity contribution >= 4 is 0 Å². The van der Waals surface area contributed by atoms with E-state index in [1.54, 1.807) is 0 Å². The van der Waals surface area contributed by atoms with Crippen molar-refractivity contribution in [2.75, 3.05) is 26.2 Å². The Morgan fingerprint density at radius 2 is 1.45 bits per heavy atom. The molecular formula is C20H40N2. The SMILES string of the molecule is CC(C)(C)C1C(CN2CCCCC2)C(C)(C)CN1C(C)(C)C. The highest BCUT2D eigenvalue weighted by atomic mass is 15.3. The number of piperidine rings is 1. The van der Waals surface area contributed by atoms with Crippen LogP contribution in [0.5, 0.6) is 0 Å². The van der Waals surface area contributed by atoms with Crippen LogP contribution in [0.2, 0.25) is 0 Å². The maximum atomic E-state index is 2.81. The molecule has 2 heteroatoms. The van der Waals surface area contributed by atoms with Crippen LogP contribution in [0.15, 0.2) is 0 Å². The van der Waals surface area contributed by atoms with Gasteiger partial charge in [0.15, 0.2) is 0 Å². The Labute approximate surface area is 139 Å². The maximum Gasteiger partial charge on any atom is 0.0195 e. The van der Waals surface area contributed by atoms with Crippen molar-refractivity contribution in [1.82, 2.24) is 9.80 Å². The molecule has 0 aliphatic carbocycles. The zero-order valence-corrected chi connectivity index (χ0v) is 16.5. The van der Waals surface area contributed by atoms with Gasteiger partial charge in [0.1, 0.15) is 0 Å². The molecule has 130 valence electrons. The van der Waals surface area contributed by atoms with Gasteiger partial charge in [-0.05, 0) is 63.5 Å². The summed E-state index contributed by atoms with van der Waals surface area (Å²) in [5, 5.41) is 0. The Kier molecular flexibility index (Phi) is 5.06. The van der Waals surface area contributed by atoms with Crippen LogP contribution in [0.25, 0.3) is 0 Å². The van der Waals surface area contributed by atoms with Crippen molar-refractivity contribution in [3.05, 3.63) is 0 Å². The van der Waals surface area contributed by atoms with Crippen LogP contribution in [0.4, 0.5) is 0 Å². The van der Waals surface area contributed by atoms with Gasteiger partial charge in [-0.1, -0.05) is 41.0 Å². The lowest BCUT2D eigenvalue weighted by Crippen LogP contribution is -2.53. The van der Waals surface area contributed by atoms with Crippen molar-refractivity contribution in [3.63, 3.8) is 0 Å². The predicted octanol–water partition coefficient (Wildman–Crippen LogP) is 4.64. The summed E-state index contributed by atoms with van der Waals surface area (Å²) in [4.78, 5) is 5.56. The minimum atomic E-state index is 0.256. The highest BCUT2D eigenvalue weighted by Crippen LogP contribution is 2.49. The highest BCUT2D eigenvalue weighted by Gasteiger charge is 2.53. The second kappa shape index (κ2) is 6.09. The Balaban J connectivity index is 2.26. The molecule has 0 bridgehead atoms. The Bertz CT molecular complexity index is 366. The molecule has 0 spiro atoms. The number of rotatable bonds is 2. The monoisotopic (exact) mass is 308 g/mol. The minimum absolute atomic E-state index is 0.256. The summed E-state index contributed by atoms with van der Waals surface area (Å²) in [5.74, 6) is 0.768. The van der Waals surface area contributed by atoms with Gasteiger partial charge in [0.05, 0.1) is 0 Å². The predicted molar refractivity (Wildman–Crippen MR) is 97.3 cm³/mol. The summed E-state index contributed by atoms with van der Waals surface area (Å²) < 4.78 is 0. The van der Waals surface area contributed by atoms with E-state index in [1.165, 1.54) is 45.4 Å². The molecule has 22 heavy (non-hydrogen) atoms. The molecule has 0 N–H and O–H groups in total. The lowest BCUT2D eigenvalue weighted by atomic mass is 9.70. The van der Waals surface area contributed by atoms with Gasteiger partial charge in [0.2, 0.25) is 0 Å². The topological polar surface area (TPSA) is 6.48 Å². The van der Waals surface area contributed by atoms with Crippen molar-refractivity contribution in [1.29, 1.82) is 0 Å². The summed E-state index contributed by atoms with van der Waals surface area (Å²) in [5.41, 5.74) is 0.996. The fourth-order valence-corrected chi connectivity index (χ4v) is 4.79. The summed E-state index contributed by atoms with van der Waals surface area (Å²) in [7, 11) is 0. The minimum Gasteiger partial charge on any atom is -0.303 e. The number of hydrogen-bond acceptors (Lipinski definition) is 2. The highest BCUT2D eigenvalue weighted by molar-refractivity contribution is 5.06. The van der Waals surface area contributed by atoms with Gasteiger partial charge in [-0.2, -0.15) is 0 Å². The molecule has 0 amide bonds. The molecule has 0 aromatic rings. The second-order valence-electron chi connectivity index (χ2n) is 10.6. The first-order chi connectivity index (χ1) is 9.93. The Hall–Kier alpha value is -0.0800. The van der Waals surface area contributed by atoms with E-state index >= 15 is 0 Å². The van der Waals surface area contributed by atoms with Crippen LogP contribution in [0.3, 0.4) is 0 Å².